The Bertz CT molecular complexity index is 1150. The van der Waals surface area contributed by atoms with Gasteiger partial charge in [0, 0.05) is 16.8 Å². The molecule has 6 nitrogen and oxygen atoms in total. The molecule has 1 aromatic heterocycles. The molecule has 1 amide bonds. The topological polar surface area (TPSA) is 92.4 Å². The van der Waals surface area contributed by atoms with Gasteiger partial charge in [0.1, 0.15) is 5.69 Å². The number of carbonyl (C=O) groups is 2. The standard InChI is InChI=1S/C24H18N2O4S/c27-20(25-19-13-7-12-18(14-19)23(28)29)15-31-24-26-21(16-8-3-1-4-9-16)22(30-24)17-10-5-2-6-11-17/h1-14H,15H2,(H,25,27)(H,28,29). The predicted octanol–water partition coefficient (Wildman–Crippen LogP) is 5.44. The van der Waals surface area contributed by atoms with E-state index < -0.39 is 5.97 Å². The molecule has 2 N–H and O–H groups in total. The summed E-state index contributed by atoms with van der Waals surface area (Å²) in [6.45, 7) is 0. The molecule has 1 heterocycles. The van der Waals surface area contributed by atoms with Crippen molar-refractivity contribution >= 4 is 29.3 Å². The molecule has 3 aromatic carbocycles. The van der Waals surface area contributed by atoms with Crippen LogP contribution in [-0.2, 0) is 4.79 Å². The Balaban J connectivity index is 1.51. The summed E-state index contributed by atoms with van der Waals surface area (Å²) in [6.07, 6.45) is 0. The Hall–Kier alpha value is -3.84. The smallest absolute Gasteiger partial charge is 0.335 e. The van der Waals surface area contributed by atoms with Crippen LogP contribution in [0.2, 0.25) is 0 Å². The number of aromatic nitrogens is 1. The van der Waals surface area contributed by atoms with Gasteiger partial charge in [0.15, 0.2) is 5.76 Å². The molecular formula is C24H18N2O4S. The van der Waals surface area contributed by atoms with Crippen molar-refractivity contribution in [1.82, 2.24) is 4.98 Å². The highest BCUT2D eigenvalue weighted by Gasteiger charge is 2.18. The summed E-state index contributed by atoms with van der Waals surface area (Å²) >= 11 is 1.18. The summed E-state index contributed by atoms with van der Waals surface area (Å²) in [4.78, 5) is 28.0. The van der Waals surface area contributed by atoms with Crippen LogP contribution in [0, 0.1) is 0 Å². The summed E-state index contributed by atoms with van der Waals surface area (Å²) in [7, 11) is 0. The number of nitrogens with zero attached hydrogens (tertiary/aromatic N) is 1. The second-order valence-corrected chi connectivity index (χ2v) is 7.54. The number of carbonyl (C=O) groups excluding carboxylic acids is 1. The third-order valence-electron chi connectivity index (χ3n) is 4.41. The zero-order valence-corrected chi connectivity index (χ0v) is 17.1. The quantitative estimate of drug-likeness (QED) is 0.380. The monoisotopic (exact) mass is 430 g/mol. The van der Waals surface area contributed by atoms with Crippen LogP contribution < -0.4 is 5.32 Å². The van der Waals surface area contributed by atoms with Gasteiger partial charge in [-0.2, -0.15) is 0 Å². The molecule has 0 saturated heterocycles. The first kappa shape index (κ1) is 20.4. The number of carboxylic acids is 1. The molecule has 0 aliphatic rings. The van der Waals surface area contributed by atoms with Crippen molar-refractivity contribution in [3.63, 3.8) is 0 Å². The van der Waals surface area contributed by atoms with Crippen molar-refractivity contribution < 1.29 is 19.1 Å². The van der Waals surface area contributed by atoms with Gasteiger partial charge in [0.2, 0.25) is 5.91 Å². The van der Waals surface area contributed by atoms with E-state index in [1.54, 1.807) is 12.1 Å². The minimum Gasteiger partial charge on any atom is -0.478 e. The van der Waals surface area contributed by atoms with Crippen molar-refractivity contribution in [3.8, 4) is 22.6 Å². The van der Waals surface area contributed by atoms with Crippen molar-refractivity contribution in [2.45, 2.75) is 5.22 Å². The first-order valence-electron chi connectivity index (χ1n) is 9.48. The van der Waals surface area contributed by atoms with E-state index in [0.29, 0.717) is 22.4 Å². The minimum atomic E-state index is -1.05. The maximum atomic E-state index is 12.3. The van der Waals surface area contributed by atoms with Gasteiger partial charge in [-0.1, -0.05) is 78.5 Å². The van der Waals surface area contributed by atoms with Gasteiger partial charge in [0.05, 0.1) is 11.3 Å². The lowest BCUT2D eigenvalue weighted by Gasteiger charge is -2.04. The van der Waals surface area contributed by atoms with E-state index in [4.69, 9.17) is 9.52 Å². The number of rotatable bonds is 7. The number of aromatic carboxylic acids is 1. The van der Waals surface area contributed by atoms with Crippen LogP contribution in [-0.4, -0.2) is 27.7 Å². The number of anilines is 1. The highest BCUT2D eigenvalue weighted by Crippen LogP contribution is 2.35. The average Bonchev–Trinajstić information content (AvgIpc) is 3.23. The molecular weight excluding hydrogens is 412 g/mol. The van der Waals surface area contributed by atoms with Crippen LogP contribution >= 0.6 is 11.8 Å². The molecule has 0 radical (unpaired) electrons. The second-order valence-electron chi connectivity index (χ2n) is 6.61. The number of amides is 1. The third kappa shape index (κ3) is 5.02. The Morgan fingerprint density at radius 1 is 0.903 bits per heavy atom. The van der Waals surface area contributed by atoms with Crippen LogP contribution in [0.4, 0.5) is 5.69 Å². The van der Waals surface area contributed by atoms with E-state index in [0.717, 1.165) is 11.1 Å². The fraction of sp³-hybridized carbons (Fsp3) is 0.0417. The molecule has 154 valence electrons. The highest BCUT2D eigenvalue weighted by molar-refractivity contribution is 7.99. The molecule has 31 heavy (non-hydrogen) atoms. The number of benzene rings is 3. The van der Waals surface area contributed by atoms with Gasteiger partial charge in [-0.3, -0.25) is 4.79 Å². The van der Waals surface area contributed by atoms with Crippen LogP contribution in [0.3, 0.4) is 0 Å². The maximum absolute atomic E-state index is 12.3. The fourth-order valence-electron chi connectivity index (χ4n) is 2.99. The molecule has 0 bridgehead atoms. The molecule has 0 fully saturated rings. The molecule has 0 aliphatic carbocycles. The molecule has 4 rings (SSSR count). The lowest BCUT2D eigenvalue weighted by molar-refractivity contribution is -0.113. The molecule has 0 aliphatic heterocycles. The Morgan fingerprint density at radius 2 is 1.58 bits per heavy atom. The van der Waals surface area contributed by atoms with E-state index in [1.807, 2.05) is 60.7 Å². The van der Waals surface area contributed by atoms with E-state index in [9.17, 15) is 9.59 Å². The molecule has 7 heteroatoms. The lowest BCUT2D eigenvalue weighted by atomic mass is 10.1. The Morgan fingerprint density at radius 3 is 2.26 bits per heavy atom. The summed E-state index contributed by atoms with van der Waals surface area (Å²) in [5, 5.41) is 12.2. The first-order chi connectivity index (χ1) is 15.1. The van der Waals surface area contributed by atoms with Gasteiger partial charge in [0.25, 0.3) is 5.22 Å². The number of hydrogen-bond acceptors (Lipinski definition) is 5. The fourth-order valence-corrected chi connectivity index (χ4v) is 3.62. The van der Waals surface area contributed by atoms with Crippen LogP contribution in [0.5, 0.6) is 0 Å². The summed E-state index contributed by atoms with van der Waals surface area (Å²) < 4.78 is 6.00. The Kier molecular flexibility index (Phi) is 6.14. The summed E-state index contributed by atoms with van der Waals surface area (Å²) in [5.74, 6) is -0.621. The number of nitrogens with one attached hydrogen (secondary N) is 1. The van der Waals surface area contributed by atoms with Gasteiger partial charge in [-0.25, -0.2) is 9.78 Å². The van der Waals surface area contributed by atoms with Crippen LogP contribution in [0.1, 0.15) is 10.4 Å². The lowest BCUT2D eigenvalue weighted by Crippen LogP contribution is -2.14. The summed E-state index contributed by atoms with van der Waals surface area (Å²) in [6, 6.07) is 25.5. The highest BCUT2D eigenvalue weighted by atomic mass is 32.2. The van der Waals surface area contributed by atoms with Gasteiger partial charge in [-0.05, 0) is 18.2 Å². The molecule has 0 unspecified atom stereocenters. The van der Waals surface area contributed by atoms with Crippen molar-refractivity contribution in [3.05, 3.63) is 90.5 Å². The maximum Gasteiger partial charge on any atom is 0.335 e. The zero-order valence-electron chi connectivity index (χ0n) is 16.3. The SMILES string of the molecule is O=C(CSc1nc(-c2ccccc2)c(-c2ccccc2)o1)Nc1cccc(C(=O)O)c1. The van der Waals surface area contributed by atoms with Crippen molar-refractivity contribution in [2.75, 3.05) is 11.1 Å². The van der Waals surface area contributed by atoms with Gasteiger partial charge >= 0.3 is 5.97 Å². The van der Waals surface area contributed by atoms with Crippen molar-refractivity contribution in [1.29, 1.82) is 0 Å². The zero-order chi connectivity index (χ0) is 21.6. The number of thioether (sulfide) groups is 1. The number of oxazole rings is 1. The second kappa shape index (κ2) is 9.32. The Labute approximate surface area is 183 Å². The third-order valence-corrected chi connectivity index (χ3v) is 5.24. The van der Waals surface area contributed by atoms with Gasteiger partial charge < -0.3 is 14.8 Å². The largest absolute Gasteiger partial charge is 0.478 e. The first-order valence-corrected chi connectivity index (χ1v) is 10.5. The van der Waals surface area contributed by atoms with E-state index in [2.05, 4.69) is 10.3 Å². The molecule has 0 atom stereocenters. The molecule has 4 aromatic rings. The van der Waals surface area contributed by atoms with Crippen LogP contribution in [0.25, 0.3) is 22.6 Å². The number of carboxylic acid groups (broad SMARTS) is 1. The average molecular weight is 430 g/mol. The normalized spacial score (nSPS) is 10.6. The number of hydrogen-bond donors (Lipinski definition) is 2. The van der Waals surface area contributed by atoms with E-state index in [1.165, 1.54) is 23.9 Å². The minimum absolute atomic E-state index is 0.0697. The molecule has 0 saturated carbocycles. The summed E-state index contributed by atoms with van der Waals surface area (Å²) in [5.41, 5.74) is 3.07. The van der Waals surface area contributed by atoms with Crippen LogP contribution in [0.15, 0.2) is 94.6 Å². The van der Waals surface area contributed by atoms with Gasteiger partial charge in [-0.15, -0.1) is 0 Å². The van der Waals surface area contributed by atoms with E-state index in [-0.39, 0.29) is 17.2 Å². The van der Waals surface area contributed by atoms with E-state index >= 15 is 0 Å². The van der Waals surface area contributed by atoms with Crippen molar-refractivity contribution in [2.24, 2.45) is 0 Å². The molecule has 0 spiro atoms. The predicted molar refractivity (Wildman–Crippen MR) is 120 cm³/mol.